The summed E-state index contributed by atoms with van der Waals surface area (Å²) in [5.74, 6) is 0. The zero-order chi connectivity index (χ0) is 22.4. The number of ether oxygens (including phenoxy) is 2. The molecule has 0 aromatic rings. The SMILES string of the molecule is CCC[C@@H](C=O)NC(=O)OC(C)(C)C.CCC[C@@H](CO)NC(=O)OC(C)(C)C. The highest BCUT2D eigenvalue weighted by Crippen LogP contribution is 2.08. The highest BCUT2D eigenvalue weighted by molar-refractivity contribution is 5.73. The van der Waals surface area contributed by atoms with E-state index in [1.165, 1.54) is 0 Å². The van der Waals surface area contributed by atoms with Gasteiger partial charge in [0.2, 0.25) is 0 Å². The van der Waals surface area contributed by atoms with Gasteiger partial charge in [0, 0.05) is 0 Å². The Labute approximate surface area is 169 Å². The molecular formula is C20H40N2O6. The van der Waals surface area contributed by atoms with Crippen LogP contribution in [0.1, 0.15) is 81.1 Å². The van der Waals surface area contributed by atoms with Crippen molar-refractivity contribution in [2.75, 3.05) is 6.61 Å². The summed E-state index contributed by atoms with van der Waals surface area (Å²) in [5.41, 5.74) is -1.01. The van der Waals surface area contributed by atoms with Crippen molar-refractivity contribution >= 4 is 18.5 Å². The molecule has 0 saturated carbocycles. The highest BCUT2D eigenvalue weighted by atomic mass is 16.6. The molecule has 28 heavy (non-hydrogen) atoms. The van der Waals surface area contributed by atoms with Crippen LogP contribution >= 0.6 is 0 Å². The minimum Gasteiger partial charge on any atom is -0.444 e. The standard InChI is InChI=1S/C10H21NO3.C10H19NO3/c2*1-5-6-8(7-12)11-9(13)14-10(2,3)4/h8,12H,5-7H2,1-4H3,(H,11,13);7-8H,5-6H2,1-4H3,(H,11,13)/t2*8-/m00/s1. The van der Waals surface area contributed by atoms with Gasteiger partial charge in [0.05, 0.1) is 18.7 Å². The molecular weight excluding hydrogens is 364 g/mol. The lowest BCUT2D eigenvalue weighted by Crippen LogP contribution is -2.40. The van der Waals surface area contributed by atoms with Crippen molar-refractivity contribution in [1.82, 2.24) is 10.6 Å². The van der Waals surface area contributed by atoms with E-state index in [1.807, 2.05) is 13.8 Å². The van der Waals surface area contributed by atoms with Crippen LogP contribution in [0.25, 0.3) is 0 Å². The van der Waals surface area contributed by atoms with Crippen molar-refractivity contribution < 1.29 is 29.0 Å². The number of carbonyl (C=O) groups excluding carboxylic acids is 3. The third kappa shape index (κ3) is 18.9. The quantitative estimate of drug-likeness (QED) is 0.533. The Bertz CT molecular complexity index is 455. The van der Waals surface area contributed by atoms with Crippen LogP contribution in [0.2, 0.25) is 0 Å². The predicted molar refractivity (Wildman–Crippen MR) is 109 cm³/mol. The van der Waals surface area contributed by atoms with Crippen molar-refractivity contribution in [3.8, 4) is 0 Å². The van der Waals surface area contributed by atoms with Gasteiger partial charge in [-0.1, -0.05) is 26.7 Å². The molecule has 0 radical (unpaired) electrons. The summed E-state index contributed by atoms with van der Waals surface area (Å²) < 4.78 is 10.1. The average Bonchev–Trinajstić information content (AvgIpc) is 2.51. The van der Waals surface area contributed by atoms with E-state index < -0.39 is 29.4 Å². The molecule has 0 rings (SSSR count). The van der Waals surface area contributed by atoms with Crippen LogP contribution < -0.4 is 10.6 Å². The third-order valence-electron chi connectivity index (χ3n) is 3.04. The van der Waals surface area contributed by atoms with Crippen molar-refractivity contribution in [1.29, 1.82) is 0 Å². The van der Waals surface area contributed by atoms with Gasteiger partial charge in [0.25, 0.3) is 0 Å². The second-order valence-electron chi connectivity index (χ2n) is 8.49. The molecule has 8 nitrogen and oxygen atoms in total. The molecule has 0 aromatic carbocycles. The van der Waals surface area contributed by atoms with Crippen LogP contribution in [0.3, 0.4) is 0 Å². The van der Waals surface area contributed by atoms with E-state index in [9.17, 15) is 14.4 Å². The Morgan fingerprint density at radius 2 is 1.32 bits per heavy atom. The number of alkyl carbamates (subject to hydrolysis) is 2. The van der Waals surface area contributed by atoms with E-state index in [4.69, 9.17) is 14.6 Å². The fourth-order valence-electron chi connectivity index (χ4n) is 1.98. The van der Waals surface area contributed by atoms with Crippen molar-refractivity contribution in [3.63, 3.8) is 0 Å². The number of aldehydes is 1. The monoisotopic (exact) mass is 404 g/mol. The lowest BCUT2D eigenvalue weighted by molar-refractivity contribution is -0.109. The van der Waals surface area contributed by atoms with Crippen LogP contribution in [-0.2, 0) is 14.3 Å². The molecule has 0 aromatic heterocycles. The van der Waals surface area contributed by atoms with Crippen LogP contribution in [0.15, 0.2) is 0 Å². The van der Waals surface area contributed by atoms with Crippen LogP contribution in [0.4, 0.5) is 9.59 Å². The number of carbonyl (C=O) groups is 3. The average molecular weight is 405 g/mol. The van der Waals surface area contributed by atoms with Crippen LogP contribution in [0.5, 0.6) is 0 Å². The van der Waals surface area contributed by atoms with Gasteiger partial charge in [-0.05, 0) is 54.4 Å². The number of rotatable bonds is 8. The molecule has 0 aliphatic rings. The molecule has 2 amide bonds. The summed E-state index contributed by atoms with van der Waals surface area (Å²) >= 11 is 0. The third-order valence-corrected chi connectivity index (χ3v) is 3.04. The molecule has 2 atom stereocenters. The van der Waals surface area contributed by atoms with Crippen LogP contribution in [-0.4, -0.2) is 53.5 Å². The van der Waals surface area contributed by atoms with Gasteiger partial charge >= 0.3 is 12.2 Å². The fourth-order valence-corrected chi connectivity index (χ4v) is 1.98. The first kappa shape index (κ1) is 28.4. The first-order valence-electron chi connectivity index (χ1n) is 9.83. The molecule has 0 saturated heterocycles. The minimum atomic E-state index is -0.539. The molecule has 8 heteroatoms. The number of nitrogens with one attached hydrogen (secondary N) is 2. The lowest BCUT2D eigenvalue weighted by Gasteiger charge is -2.22. The van der Waals surface area contributed by atoms with E-state index in [-0.39, 0.29) is 12.6 Å². The Balaban J connectivity index is 0. The van der Waals surface area contributed by atoms with E-state index in [1.54, 1.807) is 41.5 Å². The summed E-state index contributed by atoms with van der Waals surface area (Å²) in [5, 5.41) is 14.0. The van der Waals surface area contributed by atoms with Gasteiger partial charge in [0.15, 0.2) is 0 Å². The molecule has 3 N–H and O–H groups in total. The molecule has 0 aliphatic carbocycles. The summed E-state index contributed by atoms with van der Waals surface area (Å²) in [7, 11) is 0. The topological polar surface area (TPSA) is 114 Å². The normalized spacial score (nSPS) is 13.3. The fraction of sp³-hybridized carbons (Fsp3) is 0.850. The second-order valence-corrected chi connectivity index (χ2v) is 8.49. The van der Waals surface area contributed by atoms with Crippen LogP contribution in [0, 0.1) is 0 Å². The molecule has 0 heterocycles. The van der Waals surface area contributed by atoms with Gasteiger partial charge in [-0.25, -0.2) is 9.59 Å². The molecule has 0 fully saturated rings. The maximum absolute atomic E-state index is 11.3. The van der Waals surface area contributed by atoms with E-state index in [2.05, 4.69) is 10.6 Å². The van der Waals surface area contributed by atoms with Gasteiger partial charge < -0.3 is 30.0 Å². The summed E-state index contributed by atoms with van der Waals surface area (Å²) in [6, 6.07) is -0.635. The number of hydrogen-bond acceptors (Lipinski definition) is 6. The maximum Gasteiger partial charge on any atom is 0.408 e. The summed E-state index contributed by atoms with van der Waals surface area (Å²) in [4.78, 5) is 33.0. The zero-order valence-electron chi connectivity index (χ0n) is 18.8. The largest absolute Gasteiger partial charge is 0.444 e. The van der Waals surface area contributed by atoms with Gasteiger partial charge in [-0.2, -0.15) is 0 Å². The number of aliphatic hydroxyl groups is 1. The molecule has 0 bridgehead atoms. The minimum absolute atomic E-state index is 0.0485. The smallest absolute Gasteiger partial charge is 0.408 e. The molecule has 166 valence electrons. The zero-order valence-corrected chi connectivity index (χ0v) is 18.8. The van der Waals surface area contributed by atoms with Crippen molar-refractivity contribution in [2.24, 2.45) is 0 Å². The first-order valence-corrected chi connectivity index (χ1v) is 9.83. The number of aliphatic hydroxyl groups excluding tert-OH is 1. The first-order chi connectivity index (χ1) is 12.8. The number of hydrogen-bond donors (Lipinski definition) is 3. The Hall–Kier alpha value is -1.83. The highest BCUT2D eigenvalue weighted by Gasteiger charge is 2.19. The molecule has 0 unspecified atom stereocenters. The number of amides is 2. The van der Waals surface area contributed by atoms with Gasteiger partial charge in [0.1, 0.15) is 17.5 Å². The van der Waals surface area contributed by atoms with E-state index in [0.717, 1.165) is 25.5 Å². The lowest BCUT2D eigenvalue weighted by atomic mass is 10.2. The van der Waals surface area contributed by atoms with Gasteiger partial charge in [-0.15, -0.1) is 0 Å². The van der Waals surface area contributed by atoms with Crippen molar-refractivity contribution in [2.45, 2.75) is 104 Å². The van der Waals surface area contributed by atoms with Crippen molar-refractivity contribution in [3.05, 3.63) is 0 Å². The summed E-state index contributed by atoms with van der Waals surface area (Å²) in [6.07, 6.45) is 2.89. The Morgan fingerprint density at radius 1 is 0.893 bits per heavy atom. The second kappa shape index (κ2) is 14.2. The Kier molecular flexibility index (Phi) is 14.4. The molecule has 0 aliphatic heterocycles. The molecule has 0 spiro atoms. The Morgan fingerprint density at radius 3 is 1.64 bits per heavy atom. The van der Waals surface area contributed by atoms with E-state index in [0.29, 0.717) is 6.42 Å². The summed E-state index contributed by atoms with van der Waals surface area (Å²) in [6.45, 7) is 14.7. The predicted octanol–water partition coefficient (Wildman–Crippen LogP) is 3.55. The van der Waals surface area contributed by atoms with Gasteiger partial charge in [-0.3, -0.25) is 0 Å². The van der Waals surface area contributed by atoms with E-state index >= 15 is 0 Å². The maximum atomic E-state index is 11.3.